The maximum atomic E-state index is 5.67. The van der Waals surface area contributed by atoms with Crippen molar-refractivity contribution >= 4 is 29.9 Å². The summed E-state index contributed by atoms with van der Waals surface area (Å²) in [6.07, 6.45) is 4.79. The number of ether oxygens (including phenoxy) is 3. The van der Waals surface area contributed by atoms with E-state index in [2.05, 4.69) is 15.6 Å². The molecule has 7 heteroatoms. The van der Waals surface area contributed by atoms with E-state index in [-0.39, 0.29) is 24.0 Å². The van der Waals surface area contributed by atoms with Gasteiger partial charge in [-0.05, 0) is 31.6 Å². The average molecular weight is 441 g/mol. The second kappa shape index (κ2) is 13.2. The second-order valence-corrected chi connectivity index (χ2v) is 6.10. The smallest absolute Gasteiger partial charge is 0.191 e. The molecule has 136 valence electrons. The number of aliphatic imine (C=N–C) groups is 1. The molecule has 1 saturated carbocycles. The first-order valence-corrected chi connectivity index (χ1v) is 8.56. The molecule has 0 spiro atoms. The molecular weight excluding hydrogens is 409 g/mol. The lowest BCUT2D eigenvalue weighted by molar-refractivity contribution is 0.0888. The summed E-state index contributed by atoms with van der Waals surface area (Å²) in [6.45, 7) is 6.67. The van der Waals surface area contributed by atoms with Crippen molar-refractivity contribution < 1.29 is 14.2 Å². The molecule has 1 aliphatic carbocycles. The summed E-state index contributed by atoms with van der Waals surface area (Å²) in [5.74, 6) is 2.26. The van der Waals surface area contributed by atoms with Crippen molar-refractivity contribution in [3.8, 4) is 0 Å². The monoisotopic (exact) mass is 441 g/mol. The van der Waals surface area contributed by atoms with Gasteiger partial charge >= 0.3 is 0 Å². The molecule has 6 nitrogen and oxygen atoms in total. The summed E-state index contributed by atoms with van der Waals surface area (Å²) in [4.78, 5) is 4.20. The standard InChI is InChI=1S/C16H31N3O3.HI/c1-17-16(19-7-10-22-11-14-3-4-14)18-6-2-8-20-12-15-5-9-21-13-15;/h14-15H,2-13H2,1H3,(H2,17,18,19);1H. The van der Waals surface area contributed by atoms with E-state index in [1.54, 1.807) is 7.05 Å². The van der Waals surface area contributed by atoms with Crippen molar-refractivity contribution in [1.29, 1.82) is 0 Å². The number of hydrogen-bond donors (Lipinski definition) is 2. The zero-order valence-electron chi connectivity index (χ0n) is 14.2. The second-order valence-electron chi connectivity index (χ2n) is 6.10. The first-order valence-electron chi connectivity index (χ1n) is 8.56. The summed E-state index contributed by atoms with van der Waals surface area (Å²) in [6, 6.07) is 0. The molecule has 1 unspecified atom stereocenters. The molecule has 2 rings (SSSR count). The van der Waals surface area contributed by atoms with Gasteiger partial charge in [-0.3, -0.25) is 4.99 Å². The van der Waals surface area contributed by atoms with Crippen LogP contribution in [0.1, 0.15) is 25.7 Å². The van der Waals surface area contributed by atoms with Gasteiger partial charge in [0.05, 0.1) is 19.8 Å². The van der Waals surface area contributed by atoms with Crippen LogP contribution in [-0.4, -0.2) is 65.7 Å². The molecular formula is C16H32IN3O3. The van der Waals surface area contributed by atoms with Gasteiger partial charge in [0.15, 0.2) is 5.96 Å². The highest BCUT2D eigenvalue weighted by atomic mass is 127. The first-order chi connectivity index (χ1) is 10.9. The summed E-state index contributed by atoms with van der Waals surface area (Å²) >= 11 is 0. The molecule has 0 amide bonds. The minimum absolute atomic E-state index is 0. The van der Waals surface area contributed by atoms with E-state index in [0.717, 1.165) is 77.4 Å². The Balaban J connectivity index is 0.00000264. The third-order valence-corrected chi connectivity index (χ3v) is 3.95. The van der Waals surface area contributed by atoms with Crippen LogP contribution >= 0.6 is 24.0 Å². The first kappa shape index (κ1) is 20.9. The maximum absolute atomic E-state index is 5.67. The quantitative estimate of drug-likeness (QED) is 0.221. The van der Waals surface area contributed by atoms with Gasteiger partial charge in [0.1, 0.15) is 0 Å². The molecule has 1 saturated heterocycles. The van der Waals surface area contributed by atoms with Crippen molar-refractivity contribution in [1.82, 2.24) is 10.6 Å². The van der Waals surface area contributed by atoms with Gasteiger partial charge in [0, 0.05) is 45.9 Å². The summed E-state index contributed by atoms with van der Waals surface area (Å²) in [7, 11) is 1.79. The highest BCUT2D eigenvalue weighted by Gasteiger charge is 2.20. The minimum atomic E-state index is 0. The largest absolute Gasteiger partial charge is 0.381 e. The molecule has 0 bridgehead atoms. The summed E-state index contributed by atoms with van der Waals surface area (Å²) in [5, 5.41) is 6.54. The van der Waals surface area contributed by atoms with Crippen molar-refractivity contribution in [3.63, 3.8) is 0 Å². The lowest BCUT2D eigenvalue weighted by atomic mass is 10.1. The van der Waals surface area contributed by atoms with Crippen LogP contribution in [-0.2, 0) is 14.2 Å². The Morgan fingerprint density at radius 3 is 2.48 bits per heavy atom. The van der Waals surface area contributed by atoms with Crippen LogP contribution < -0.4 is 10.6 Å². The van der Waals surface area contributed by atoms with Gasteiger partial charge in [0.2, 0.25) is 0 Å². The molecule has 1 aliphatic heterocycles. The predicted molar refractivity (Wildman–Crippen MR) is 103 cm³/mol. The van der Waals surface area contributed by atoms with Crippen molar-refractivity contribution in [2.24, 2.45) is 16.8 Å². The highest BCUT2D eigenvalue weighted by molar-refractivity contribution is 14.0. The molecule has 2 fully saturated rings. The Labute approximate surface area is 157 Å². The van der Waals surface area contributed by atoms with Crippen LogP contribution in [0, 0.1) is 11.8 Å². The number of guanidine groups is 1. The lowest BCUT2D eigenvalue weighted by Crippen LogP contribution is -2.39. The number of hydrogen-bond acceptors (Lipinski definition) is 4. The van der Waals surface area contributed by atoms with E-state index >= 15 is 0 Å². The summed E-state index contributed by atoms with van der Waals surface area (Å²) < 4.78 is 16.6. The average Bonchev–Trinajstić information content (AvgIpc) is 3.21. The van der Waals surface area contributed by atoms with Gasteiger partial charge in [-0.1, -0.05) is 0 Å². The van der Waals surface area contributed by atoms with Gasteiger partial charge in [-0.2, -0.15) is 0 Å². The molecule has 0 aromatic carbocycles. The Morgan fingerprint density at radius 2 is 1.78 bits per heavy atom. The van der Waals surface area contributed by atoms with E-state index in [1.165, 1.54) is 12.8 Å². The van der Waals surface area contributed by atoms with Gasteiger partial charge in [0.25, 0.3) is 0 Å². The van der Waals surface area contributed by atoms with E-state index < -0.39 is 0 Å². The third-order valence-electron chi connectivity index (χ3n) is 3.95. The SMILES string of the molecule is CN=C(NCCCOCC1CCOC1)NCCOCC1CC1.I. The number of nitrogens with one attached hydrogen (secondary N) is 2. The van der Waals surface area contributed by atoms with Crippen molar-refractivity contribution in [3.05, 3.63) is 0 Å². The van der Waals surface area contributed by atoms with Crippen LogP contribution in [0.15, 0.2) is 4.99 Å². The Bertz CT molecular complexity index is 322. The lowest BCUT2D eigenvalue weighted by Gasteiger charge is -2.12. The Hall–Kier alpha value is -0.120. The molecule has 1 atom stereocenters. The zero-order valence-corrected chi connectivity index (χ0v) is 16.6. The van der Waals surface area contributed by atoms with Crippen LogP contribution in [0.5, 0.6) is 0 Å². The molecule has 23 heavy (non-hydrogen) atoms. The Kier molecular flexibility index (Phi) is 12.0. The predicted octanol–water partition coefficient (Wildman–Crippen LogP) is 1.64. The van der Waals surface area contributed by atoms with E-state index in [0.29, 0.717) is 5.92 Å². The molecule has 0 radical (unpaired) electrons. The van der Waals surface area contributed by atoms with E-state index in [9.17, 15) is 0 Å². The Morgan fingerprint density at radius 1 is 1.04 bits per heavy atom. The van der Waals surface area contributed by atoms with Crippen LogP contribution in [0.2, 0.25) is 0 Å². The van der Waals surface area contributed by atoms with Crippen LogP contribution in [0.3, 0.4) is 0 Å². The third kappa shape index (κ3) is 10.4. The number of halogens is 1. The maximum Gasteiger partial charge on any atom is 0.191 e. The fraction of sp³-hybridized carbons (Fsp3) is 0.938. The topological polar surface area (TPSA) is 64.1 Å². The number of rotatable bonds is 11. The zero-order chi connectivity index (χ0) is 15.5. The highest BCUT2D eigenvalue weighted by Crippen LogP contribution is 2.28. The van der Waals surface area contributed by atoms with Gasteiger partial charge in [-0.15, -0.1) is 24.0 Å². The van der Waals surface area contributed by atoms with E-state index in [1.807, 2.05) is 0 Å². The molecule has 0 aromatic rings. The van der Waals surface area contributed by atoms with Crippen LogP contribution in [0.25, 0.3) is 0 Å². The fourth-order valence-corrected chi connectivity index (χ4v) is 2.34. The molecule has 2 aliphatic rings. The summed E-state index contributed by atoms with van der Waals surface area (Å²) in [5.41, 5.74) is 0. The molecule has 0 aromatic heterocycles. The van der Waals surface area contributed by atoms with Gasteiger partial charge < -0.3 is 24.8 Å². The number of nitrogens with zero attached hydrogens (tertiary/aromatic N) is 1. The molecule has 2 N–H and O–H groups in total. The van der Waals surface area contributed by atoms with Crippen molar-refractivity contribution in [2.75, 3.05) is 59.8 Å². The van der Waals surface area contributed by atoms with E-state index in [4.69, 9.17) is 14.2 Å². The normalized spacial score (nSPS) is 21.1. The minimum Gasteiger partial charge on any atom is -0.381 e. The molecule has 1 heterocycles. The van der Waals surface area contributed by atoms with Crippen LogP contribution in [0.4, 0.5) is 0 Å². The fourth-order valence-electron chi connectivity index (χ4n) is 2.34. The van der Waals surface area contributed by atoms with Gasteiger partial charge in [-0.25, -0.2) is 0 Å². The van der Waals surface area contributed by atoms with Crippen molar-refractivity contribution in [2.45, 2.75) is 25.7 Å².